The number of nitrogens with zero attached hydrogens (tertiary/aromatic N) is 6. The summed E-state index contributed by atoms with van der Waals surface area (Å²) < 4.78 is 4.73. The van der Waals surface area contributed by atoms with Gasteiger partial charge in [0.15, 0.2) is 5.82 Å². The van der Waals surface area contributed by atoms with Crippen molar-refractivity contribution in [1.29, 1.82) is 10.5 Å². The molecular formula is C66H40N6. The molecule has 0 radical (unpaired) electrons. The van der Waals surface area contributed by atoms with Crippen LogP contribution in [0, 0.1) is 22.7 Å². The minimum atomic E-state index is 0.612. The van der Waals surface area contributed by atoms with Gasteiger partial charge < -0.3 is 9.13 Å². The summed E-state index contributed by atoms with van der Waals surface area (Å²) >= 11 is 0. The van der Waals surface area contributed by atoms with E-state index >= 15 is 0 Å². The van der Waals surface area contributed by atoms with Crippen molar-refractivity contribution in [3.05, 3.63) is 254 Å². The van der Waals surface area contributed by atoms with E-state index in [-0.39, 0.29) is 0 Å². The minimum Gasteiger partial charge on any atom is -0.309 e. The zero-order valence-corrected chi connectivity index (χ0v) is 38.8. The predicted molar refractivity (Wildman–Crippen MR) is 293 cm³/mol. The van der Waals surface area contributed by atoms with Crippen LogP contribution in [-0.4, -0.2) is 19.1 Å². The van der Waals surface area contributed by atoms with E-state index in [1.165, 1.54) is 10.8 Å². The minimum absolute atomic E-state index is 0.612. The highest BCUT2D eigenvalue weighted by molar-refractivity contribution is 6.13. The van der Waals surface area contributed by atoms with Gasteiger partial charge in [0.1, 0.15) is 0 Å². The van der Waals surface area contributed by atoms with Gasteiger partial charge in [-0.05, 0) is 107 Å². The van der Waals surface area contributed by atoms with Crippen LogP contribution >= 0.6 is 0 Å². The first kappa shape index (κ1) is 42.0. The maximum absolute atomic E-state index is 10.2. The summed E-state index contributed by atoms with van der Waals surface area (Å²) in [4.78, 5) is 10.4. The Hall–Kier alpha value is -10.1. The van der Waals surface area contributed by atoms with Crippen LogP contribution in [0.15, 0.2) is 243 Å². The van der Waals surface area contributed by atoms with E-state index in [2.05, 4.69) is 179 Å². The number of nitriles is 2. The molecule has 0 N–H and O–H groups in total. The lowest BCUT2D eigenvalue weighted by molar-refractivity contribution is 1.16. The van der Waals surface area contributed by atoms with Gasteiger partial charge in [0.05, 0.1) is 62.4 Å². The third kappa shape index (κ3) is 7.10. The van der Waals surface area contributed by atoms with Gasteiger partial charge in [0.2, 0.25) is 0 Å². The van der Waals surface area contributed by atoms with Crippen molar-refractivity contribution >= 4 is 43.6 Å². The van der Waals surface area contributed by atoms with Crippen LogP contribution < -0.4 is 0 Å². The number of para-hydroxylation sites is 2. The molecule has 0 spiro atoms. The standard InChI is InChI=1S/C66H40N6/c67-41-49-20-7-9-24-52(49)46-30-33-64-57(37-46)58-38-47(53-25-10-8-21-50(53)42-68)31-34-65(58)72(64)63-35-32-48(60-40-59(43-16-3-1-4-17-43)69-66(70-60)44-18-5-2-6-19-44)39-56(63)45-22-15-23-51(36-45)71-61-28-13-11-26-54(61)55-27-12-14-29-62(55)71/h1-40H. The molecule has 0 amide bonds. The van der Waals surface area contributed by atoms with Crippen molar-refractivity contribution in [2.75, 3.05) is 0 Å². The Labute approximate surface area is 415 Å². The molecule has 0 bridgehead atoms. The lowest BCUT2D eigenvalue weighted by Gasteiger charge is -2.18. The summed E-state index contributed by atoms with van der Waals surface area (Å²) in [6.45, 7) is 0. The van der Waals surface area contributed by atoms with Crippen LogP contribution in [0.1, 0.15) is 11.1 Å². The van der Waals surface area contributed by atoms with Crippen LogP contribution in [0.4, 0.5) is 0 Å². The van der Waals surface area contributed by atoms with Crippen LogP contribution in [-0.2, 0) is 0 Å². The Morgan fingerprint density at radius 2 is 0.778 bits per heavy atom. The molecule has 6 heteroatoms. The van der Waals surface area contributed by atoms with Gasteiger partial charge in [-0.15, -0.1) is 0 Å². The Balaban J connectivity index is 1.09. The van der Waals surface area contributed by atoms with Gasteiger partial charge in [0.25, 0.3) is 0 Å². The van der Waals surface area contributed by atoms with Gasteiger partial charge in [0, 0.05) is 49.5 Å². The molecule has 72 heavy (non-hydrogen) atoms. The van der Waals surface area contributed by atoms with Crippen molar-refractivity contribution in [2.24, 2.45) is 0 Å². The summed E-state index contributed by atoms with van der Waals surface area (Å²) in [7, 11) is 0. The second-order valence-electron chi connectivity index (χ2n) is 18.0. The molecule has 0 fully saturated rings. The third-order valence-electron chi connectivity index (χ3n) is 13.8. The van der Waals surface area contributed by atoms with E-state index in [4.69, 9.17) is 9.97 Å². The zero-order chi connectivity index (χ0) is 48.1. The summed E-state index contributed by atoms with van der Waals surface area (Å²) in [5.74, 6) is 0.649. The van der Waals surface area contributed by atoms with Crippen molar-refractivity contribution in [3.63, 3.8) is 0 Å². The maximum atomic E-state index is 10.2. The summed E-state index contributed by atoms with van der Waals surface area (Å²) in [5.41, 5.74) is 17.7. The number of hydrogen-bond donors (Lipinski definition) is 0. The van der Waals surface area contributed by atoms with Crippen LogP contribution in [0.3, 0.4) is 0 Å². The molecular weight excluding hydrogens is 877 g/mol. The van der Waals surface area contributed by atoms with E-state index in [1.807, 2.05) is 84.9 Å². The zero-order valence-electron chi connectivity index (χ0n) is 38.8. The number of aromatic nitrogens is 4. The quantitative estimate of drug-likeness (QED) is 0.152. The van der Waals surface area contributed by atoms with Gasteiger partial charge in [-0.1, -0.05) is 164 Å². The molecule has 0 atom stereocenters. The van der Waals surface area contributed by atoms with E-state index < -0.39 is 0 Å². The summed E-state index contributed by atoms with van der Waals surface area (Å²) in [6, 6.07) is 88.6. The SMILES string of the molecule is N#Cc1ccccc1-c1ccc2c(c1)c1cc(-c3ccccc3C#N)ccc1n2-c1ccc(-c2cc(-c3ccccc3)nc(-c3ccccc3)n2)cc1-c1cccc(-n2c3ccccc3c3ccccc32)c1. The van der Waals surface area contributed by atoms with Gasteiger partial charge in [-0.25, -0.2) is 9.97 Å². The largest absolute Gasteiger partial charge is 0.309 e. The summed E-state index contributed by atoms with van der Waals surface area (Å²) in [6.07, 6.45) is 0. The predicted octanol–water partition coefficient (Wildman–Crippen LogP) is 16.4. The molecule has 0 aliphatic rings. The molecule has 13 rings (SSSR count). The Bertz CT molecular complexity index is 4130. The lowest BCUT2D eigenvalue weighted by Crippen LogP contribution is -2.00. The second kappa shape index (κ2) is 17.4. The fraction of sp³-hybridized carbons (Fsp3) is 0. The highest BCUT2D eigenvalue weighted by Gasteiger charge is 2.21. The van der Waals surface area contributed by atoms with Gasteiger partial charge in [-0.2, -0.15) is 10.5 Å². The molecule has 0 saturated carbocycles. The van der Waals surface area contributed by atoms with E-state index in [0.29, 0.717) is 17.0 Å². The number of hydrogen-bond acceptors (Lipinski definition) is 4. The maximum Gasteiger partial charge on any atom is 0.160 e. The smallest absolute Gasteiger partial charge is 0.160 e. The molecule has 334 valence electrons. The molecule has 0 aliphatic heterocycles. The number of benzene rings is 10. The van der Waals surface area contributed by atoms with Crippen LogP contribution in [0.5, 0.6) is 0 Å². The van der Waals surface area contributed by atoms with E-state index in [0.717, 1.165) is 106 Å². The molecule has 0 saturated heterocycles. The van der Waals surface area contributed by atoms with Crippen molar-refractivity contribution in [3.8, 4) is 90.8 Å². The number of fused-ring (bicyclic) bond motifs is 6. The fourth-order valence-corrected chi connectivity index (χ4v) is 10.5. The Morgan fingerprint density at radius 3 is 1.38 bits per heavy atom. The first-order chi connectivity index (χ1) is 35.6. The highest BCUT2D eigenvalue weighted by atomic mass is 15.0. The highest BCUT2D eigenvalue weighted by Crippen LogP contribution is 2.43. The molecule has 6 nitrogen and oxygen atoms in total. The van der Waals surface area contributed by atoms with Gasteiger partial charge in [-0.3, -0.25) is 0 Å². The van der Waals surface area contributed by atoms with Crippen molar-refractivity contribution in [1.82, 2.24) is 19.1 Å². The van der Waals surface area contributed by atoms with Crippen LogP contribution in [0.2, 0.25) is 0 Å². The van der Waals surface area contributed by atoms with Gasteiger partial charge >= 0.3 is 0 Å². The third-order valence-corrected chi connectivity index (χ3v) is 13.8. The average molecular weight is 917 g/mol. The average Bonchev–Trinajstić information content (AvgIpc) is 3.97. The molecule has 10 aromatic carbocycles. The topological polar surface area (TPSA) is 83.2 Å². The van der Waals surface area contributed by atoms with E-state index in [1.54, 1.807) is 0 Å². The first-order valence-electron chi connectivity index (χ1n) is 23.9. The molecule has 3 heterocycles. The number of rotatable bonds is 8. The first-order valence-corrected chi connectivity index (χ1v) is 23.9. The van der Waals surface area contributed by atoms with E-state index in [9.17, 15) is 10.5 Å². The molecule has 0 aliphatic carbocycles. The lowest BCUT2D eigenvalue weighted by atomic mass is 9.96. The molecule has 0 unspecified atom stereocenters. The Kier molecular flexibility index (Phi) is 10.2. The monoisotopic (exact) mass is 916 g/mol. The normalized spacial score (nSPS) is 11.3. The second-order valence-corrected chi connectivity index (χ2v) is 18.0. The fourth-order valence-electron chi connectivity index (χ4n) is 10.5. The molecule has 13 aromatic rings. The summed E-state index contributed by atoms with van der Waals surface area (Å²) in [5, 5.41) is 24.9. The van der Waals surface area contributed by atoms with Crippen molar-refractivity contribution < 1.29 is 0 Å². The van der Waals surface area contributed by atoms with Crippen LogP contribution in [0.25, 0.3) is 122 Å². The molecule has 3 aromatic heterocycles. The Morgan fingerprint density at radius 1 is 0.306 bits per heavy atom. The van der Waals surface area contributed by atoms with Crippen molar-refractivity contribution in [2.45, 2.75) is 0 Å².